The fourth-order valence-corrected chi connectivity index (χ4v) is 5.79. The highest BCUT2D eigenvalue weighted by atomic mass is 35.5. The van der Waals surface area contributed by atoms with Crippen molar-refractivity contribution in [3.05, 3.63) is 63.1 Å². The number of hydrogen-bond acceptors (Lipinski definition) is 5. The van der Waals surface area contributed by atoms with Crippen molar-refractivity contribution < 1.29 is 17.9 Å². The van der Waals surface area contributed by atoms with Crippen LogP contribution >= 0.6 is 23.2 Å². The highest BCUT2D eigenvalue weighted by Gasteiger charge is 2.28. The summed E-state index contributed by atoms with van der Waals surface area (Å²) in [5, 5.41) is 1.23. The minimum Gasteiger partial charge on any atom is -0.379 e. The highest BCUT2D eigenvalue weighted by Crippen LogP contribution is 2.38. The summed E-state index contributed by atoms with van der Waals surface area (Å²) in [6.07, 6.45) is 0.443. The SMILES string of the molecule is CCOCCOCCCS(=O)(=O)c1cccc(C2CN(C)Cc3c(Cl)cc(Cl)cc32)c1. The standard InChI is InChI=1S/C23H29Cl2NO4S/c1-3-29-9-10-30-8-5-11-31(27,28)19-7-4-6-17(12-19)21-15-26(2)16-22-20(21)13-18(24)14-23(22)25/h4,6-7,12-14,21H,3,5,8-11,15-16H2,1-2H3. The first-order valence-electron chi connectivity index (χ1n) is 10.5. The number of rotatable bonds is 10. The van der Waals surface area contributed by atoms with E-state index in [1.165, 1.54) is 0 Å². The first kappa shape index (κ1) is 24.5. The molecule has 3 rings (SSSR count). The van der Waals surface area contributed by atoms with E-state index in [0.29, 0.717) is 47.8 Å². The van der Waals surface area contributed by atoms with Gasteiger partial charge < -0.3 is 14.4 Å². The quantitative estimate of drug-likeness (QED) is 0.452. The number of fused-ring (bicyclic) bond motifs is 1. The van der Waals surface area contributed by atoms with E-state index in [1.807, 2.05) is 26.1 Å². The van der Waals surface area contributed by atoms with Crippen LogP contribution in [0.5, 0.6) is 0 Å². The first-order valence-corrected chi connectivity index (χ1v) is 12.9. The van der Waals surface area contributed by atoms with Crippen molar-refractivity contribution in [2.45, 2.75) is 30.7 Å². The maximum Gasteiger partial charge on any atom is 0.178 e. The van der Waals surface area contributed by atoms with Gasteiger partial charge in [-0.2, -0.15) is 0 Å². The molecule has 170 valence electrons. The molecule has 0 aliphatic carbocycles. The second-order valence-electron chi connectivity index (χ2n) is 7.76. The van der Waals surface area contributed by atoms with Crippen LogP contribution in [0.25, 0.3) is 0 Å². The Morgan fingerprint density at radius 2 is 1.87 bits per heavy atom. The van der Waals surface area contributed by atoms with Crippen molar-refractivity contribution in [2.24, 2.45) is 0 Å². The molecule has 0 saturated heterocycles. The maximum absolute atomic E-state index is 12.9. The van der Waals surface area contributed by atoms with Gasteiger partial charge in [0.1, 0.15) is 0 Å². The van der Waals surface area contributed by atoms with Crippen LogP contribution in [-0.2, 0) is 25.9 Å². The smallest absolute Gasteiger partial charge is 0.178 e. The van der Waals surface area contributed by atoms with E-state index in [9.17, 15) is 8.42 Å². The molecule has 2 aromatic rings. The molecule has 0 amide bonds. The van der Waals surface area contributed by atoms with Gasteiger partial charge in [-0.3, -0.25) is 0 Å². The van der Waals surface area contributed by atoms with Crippen molar-refractivity contribution in [3.63, 3.8) is 0 Å². The average Bonchev–Trinajstić information content (AvgIpc) is 2.73. The Kier molecular flexibility index (Phi) is 8.79. The minimum absolute atomic E-state index is 0.00185. The number of halogens is 2. The van der Waals surface area contributed by atoms with Crippen LogP contribution in [0.4, 0.5) is 0 Å². The van der Waals surface area contributed by atoms with Crippen LogP contribution < -0.4 is 0 Å². The average molecular weight is 486 g/mol. The molecule has 31 heavy (non-hydrogen) atoms. The summed E-state index contributed by atoms with van der Waals surface area (Å²) in [6.45, 7) is 5.47. The van der Waals surface area contributed by atoms with Gasteiger partial charge in [0.25, 0.3) is 0 Å². The van der Waals surface area contributed by atoms with Gasteiger partial charge in [-0.25, -0.2) is 8.42 Å². The van der Waals surface area contributed by atoms with Crippen LogP contribution in [-0.4, -0.2) is 59.1 Å². The summed E-state index contributed by atoms with van der Waals surface area (Å²) < 4.78 is 36.4. The Labute approximate surface area is 195 Å². The molecule has 1 unspecified atom stereocenters. The van der Waals surface area contributed by atoms with Gasteiger partial charge in [0, 0.05) is 42.3 Å². The van der Waals surface area contributed by atoms with Gasteiger partial charge in [-0.15, -0.1) is 0 Å². The van der Waals surface area contributed by atoms with Gasteiger partial charge in [0.2, 0.25) is 0 Å². The predicted molar refractivity (Wildman–Crippen MR) is 125 cm³/mol. The molecule has 0 spiro atoms. The van der Waals surface area contributed by atoms with Crippen molar-refractivity contribution in [1.29, 1.82) is 0 Å². The summed E-state index contributed by atoms with van der Waals surface area (Å²) in [6, 6.07) is 10.9. The molecule has 8 heteroatoms. The molecule has 5 nitrogen and oxygen atoms in total. The van der Waals surface area contributed by atoms with E-state index < -0.39 is 9.84 Å². The second kappa shape index (κ2) is 11.1. The number of sulfone groups is 1. The monoisotopic (exact) mass is 485 g/mol. The van der Waals surface area contributed by atoms with Crippen LogP contribution in [0, 0.1) is 0 Å². The fourth-order valence-electron chi connectivity index (χ4n) is 3.89. The van der Waals surface area contributed by atoms with Gasteiger partial charge in [-0.1, -0.05) is 35.3 Å². The number of hydrogen-bond donors (Lipinski definition) is 0. The molecule has 0 bridgehead atoms. The molecular formula is C23H29Cl2NO4S. The summed E-state index contributed by atoms with van der Waals surface area (Å²) in [5.41, 5.74) is 3.05. The number of ether oxygens (including phenoxy) is 2. The molecule has 0 aromatic heterocycles. The summed E-state index contributed by atoms with van der Waals surface area (Å²) >= 11 is 12.7. The molecular weight excluding hydrogens is 457 g/mol. The predicted octanol–water partition coefficient (Wildman–Crippen LogP) is 4.79. The van der Waals surface area contributed by atoms with E-state index in [4.69, 9.17) is 32.7 Å². The zero-order valence-corrected chi connectivity index (χ0v) is 20.3. The first-order chi connectivity index (χ1) is 14.8. The third-order valence-electron chi connectivity index (χ3n) is 5.39. The molecule has 2 aromatic carbocycles. The molecule has 0 N–H and O–H groups in total. The zero-order valence-electron chi connectivity index (χ0n) is 17.9. The molecule has 0 saturated carbocycles. The summed E-state index contributed by atoms with van der Waals surface area (Å²) in [7, 11) is -1.37. The van der Waals surface area contributed by atoms with Gasteiger partial charge in [0.05, 0.1) is 23.9 Å². The van der Waals surface area contributed by atoms with E-state index in [1.54, 1.807) is 24.3 Å². The maximum atomic E-state index is 12.9. The van der Waals surface area contributed by atoms with Crippen molar-refractivity contribution in [1.82, 2.24) is 4.90 Å². The van der Waals surface area contributed by atoms with Crippen LogP contribution in [0.3, 0.4) is 0 Å². The third kappa shape index (κ3) is 6.44. The fraction of sp³-hybridized carbons (Fsp3) is 0.478. The van der Waals surface area contributed by atoms with Crippen LogP contribution in [0.2, 0.25) is 10.0 Å². The second-order valence-corrected chi connectivity index (χ2v) is 10.7. The normalized spacial score (nSPS) is 17.0. The zero-order chi connectivity index (χ0) is 22.4. The van der Waals surface area contributed by atoms with Crippen LogP contribution in [0.15, 0.2) is 41.3 Å². The Morgan fingerprint density at radius 1 is 1.10 bits per heavy atom. The number of nitrogens with zero attached hydrogens (tertiary/aromatic N) is 1. The number of benzene rings is 2. The Balaban J connectivity index is 1.75. The molecule has 1 heterocycles. The third-order valence-corrected chi connectivity index (χ3v) is 7.74. The molecule has 1 aliphatic rings. The van der Waals surface area contributed by atoms with E-state index >= 15 is 0 Å². The molecule has 0 fully saturated rings. The highest BCUT2D eigenvalue weighted by molar-refractivity contribution is 7.91. The van der Waals surface area contributed by atoms with Gasteiger partial charge >= 0.3 is 0 Å². The summed E-state index contributed by atoms with van der Waals surface area (Å²) in [4.78, 5) is 2.52. The summed E-state index contributed by atoms with van der Waals surface area (Å²) in [5.74, 6) is 0.0474. The molecule has 0 radical (unpaired) electrons. The van der Waals surface area contributed by atoms with Crippen molar-refractivity contribution in [3.8, 4) is 0 Å². The van der Waals surface area contributed by atoms with Gasteiger partial charge in [0.15, 0.2) is 9.84 Å². The van der Waals surface area contributed by atoms with E-state index in [-0.39, 0.29) is 11.7 Å². The van der Waals surface area contributed by atoms with Crippen molar-refractivity contribution >= 4 is 33.0 Å². The lowest BCUT2D eigenvalue weighted by molar-refractivity contribution is 0.0533. The lowest BCUT2D eigenvalue weighted by Crippen LogP contribution is -2.31. The van der Waals surface area contributed by atoms with E-state index in [2.05, 4.69) is 4.90 Å². The Hall–Kier alpha value is -1.15. The van der Waals surface area contributed by atoms with Crippen LogP contribution in [0.1, 0.15) is 36.0 Å². The lowest BCUT2D eigenvalue weighted by Gasteiger charge is -2.33. The van der Waals surface area contributed by atoms with E-state index in [0.717, 1.165) is 29.8 Å². The molecule has 1 atom stereocenters. The Morgan fingerprint density at radius 3 is 2.65 bits per heavy atom. The Bertz CT molecular complexity index is 997. The lowest BCUT2D eigenvalue weighted by atomic mass is 9.85. The molecule has 1 aliphatic heterocycles. The largest absolute Gasteiger partial charge is 0.379 e. The minimum atomic E-state index is -3.40. The van der Waals surface area contributed by atoms with Crippen molar-refractivity contribution in [2.75, 3.05) is 45.8 Å². The topological polar surface area (TPSA) is 55.8 Å². The van der Waals surface area contributed by atoms with Gasteiger partial charge in [-0.05, 0) is 61.3 Å². The number of likely N-dealkylation sites (N-methyl/N-ethyl adjacent to an activating group) is 1.